The summed E-state index contributed by atoms with van der Waals surface area (Å²) in [5.41, 5.74) is 0.634. The monoisotopic (exact) mass is 326 g/mol. The number of aromatic nitrogens is 2. The molecule has 0 aliphatic carbocycles. The largest absolute Gasteiger partial charge is 0.335 e. The van der Waals surface area contributed by atoms with Gasteiger partial charge in [0.2, 0.25) is 5.95 Å². The van der Waals surface area contributed by atoms with Gasteiger partial charge < -0.3 is 0 Å². The zero-order valence-electron chi connectivity index (χ0n) is 10.9. The highest BCUT2D eigenvalue weighted by atomic mass is 35.5. The van der Waals surface area contributed by atoms with Gasteiger partial charge in [0.05, 0.1) is 5.02 Å². The number of amides is 2. The van der Waals surface area contributed by atoms with E-state index in [0.29, 0.717) is 5.69 Å². The summed E-state index contributed by atoms with van der Waals surface area (Å²) in [4.78, 5) is 19.2. The van der Waals surface area contributed by atoms with Gasteiger partial charge in [-0.05, 0) is 25.1 Å². The van der Waals surface area contributed by atoms with Gasteiger partial charge >= 0.3 is 6.03 Å². The molecule has 0 aliphatic rings. The number of halogens is 1. The second-order valence-electron chi connectivity index (χ2n) is 4.01. The zero-order chi connectivity index (χ0) is 15.5. The Morgan fingerprint density at radius 3 is 2.62 bits per heavy atom. The number of aryl methyl sites for hydroxylation is 1. The van der Waals surface area contributed by atoms with Gasteiger partial charge in [-0.15, -0.1) is 0 Å². The SMILES string of the molecule is Cc1ccnc(NC(=O)NS(=O)(=O)c2ccccc2Cl)n1. The fraction of sp³-hybridized carbons (Fsp3) is 0.0833. The zero-order valence-corrected chi connectivity index (χ0v) is 12.4. The number of nitrogens with zero attached hydrogens (tertiary/aromatic N) is 2. The number of anilines is 1. The molecule has 0 bridgehead atoms. The van der Waals surface area contributed by atoms with Crippen LogP contribution in [0.3, 0.4) is 0 Å². The first-order valence-corrected chi connectivity index (χ1v) is 7.62. The van der Waals surface area contributed by atoms with E-state index in [0.717, 1.165) is 0 Å². The molecule has 1 heterocycles. The van der Waals surface area contributed by atoms with Crippen molar-refractivity contribution in [3.05, 3.63) is 47.2 Å². The molecule has 0 aliphatic heterocycles. The van der Waals surface area contributed by atoms with Crippen molar-refractivity contribution >= 4 is 33.6 Å². The number of urea groups is 1. The van der Waals surface area contributed by atoms with Gasteiger partial charge in [-0.1, -0.05) is 23.7 Å². The van der Waals surface area contributed by atoms with Gasteiger partial charge in [0.25, 0.3) is 10.0 Å². The lowest BCUT2D eigenvalue weighted by Gasteiger charge is -2.08. The Morgan fingerprint density at radius 2 is 1.95 bits per heavy atom. The number of benzene rings is 1. The van der Waals surface area contributed by atoms with Gasteiger partial charge in [0, 0.05) is 11.9 Å². The maximum absolute atomic E-state index is 12.0. The van der Waals surface area contributed by atoms with Crippen LogP contribution in [-0.4, -0.2) is 24.4 Å². The van der Waals surface area contributed by atoms with Crippen LogP contribution in [0.15, 0.2) is 41.4 Å². The Morgan fingerprint density at radius 1 is 1.24 bits per heavy atom. The molecule has 110 valence electrons. The van der Waals surface area contributed by atoms with Crippen molar-refractivity contribution in [2.24, 2.45) is 0 Å². The highest BCUT2D eigenvalue weighted by Crippen LogP contribution is 2.20. The third-order valence-corrected chi connectivity index (χ3v) is 4.20. The number of rotatable bonds is 3. The maximum Gasteiger partial charge on any atom is 0.335 e. The molecule has 21 heavy (non-hydrogen) atoms. The summed E-state index contributed by atoms with van der Waals surface area (Å²) < 4.78 is 25.9. The Labute approximate surface area is 126 Å². The second-order valence-corrected chi connectivity index (χ2v) is 6.07. The van der Waals surface area contributed by atoms with E-state index in [-0.39, 0.29) is 15.9 Å². The quantitative estimate of drug-likeness (QED) is 0.897. The van der Waals surface area contributed by atoms with Gasteiger partial charge in [-0.25, -0.2) is 27.9 Å². The number of hydrogen-bond donors (Lipinski definition) is 2. The molecule has 0 unspecified atom stereocenters. The van der Waals surface area contributed by atoms with Crippen molar-refractivity contribution < 1.29 is 13.2 Å². The van der Waals surface area contributed by atoms with E-state index < -0.39 is 16.1 Å². The first-order chi connectivity index (χ1) is 9.88. The smallest absolute Gasteiger partial charge is 0.275 e. The van der Waals surface area contributed by atoms with E-state index >= 15 is 0 Å². The lowest BCUT2D eigenvalue weighted by molar-refractivity contribution is 0.256. The molecule has 2 amide bonds. The third kappa shape index (κ3) is 3.89. The summed E-state index contributed by atoms with van der Waals surface area (Å²) in [6, 6.07) is 6.47. The second kappa shape index (κ2) is 6.06. The molecule has 2 rings (SSSR count). The average Bonchev–Trinajstić information content (AvgIpc) is 2.38. The van der Waals surface area contributed by atoms with Crippen LogP contribution in [0, 0.1) is 6.92 Å². The van der Waals surface area contributed by atoms with Gasteiger partial charge in [-0.3, -0.25) is 5.32 Å². The van der Waals surface area contributed by atoms with E-state index in [9.17, 15) is 13.2 Å². The van der Waals surface area contributed by atoms with Gasteiger partial charge in [-0.2, -0.15) is 0 Å². The van der Waals surface area contributed by atoms with Gasteiger partial charge in [0.1, 0.15) is 4.90 Å². The van der Waals surface area contributed by atoms with Crippen LogP contribution >= 0.6 is 11.6 Å². The van der Waals surface area contributed by atoms with Gasteiger partial charge in [0.15, 0.2) is 0 Å². The van der Waals surface area contributed by atoms with Crippen molar-refractivity contribution in [2.45, 2.75) is 11.8 Å². The van der Waals surface area contributed by atoms with Crippen LogP contribution < -0.4 is 10.0 Å². The number of hydrogen-bond acceptors (Lipinski definition) is 5. The van der Waals surface area contributed by atoms with Crippen molar-refractivity contribution in [1.82, 2.24) is 14.7 Å². The molecule has 9 heteroatoms. The van der Waals surface area contributed by atoms with Crippen molar-refractivity contribution in [3.8, 4) is 0 Å². The summed E-state index contributed by atoms with van der Waals surface area (Å²) >= 11 is 5.80. The normalized spacial score (nSPS) is 11.0. The van der Waals surface area contributed by atoms with Crippen LogP contribution in [0.1, 0.15) is 5.69 Å². The molecule has 0 saturated heterocycles. The number of sulfonamides is 1. The predicted molar refractivity (Wildman–Crippen MR) is 77.6 cm³/mol. The molecular weight excluding hydrogens is 316 g/mol. The number of carbonyl (C=O) groups excluding carboxylic acids is 1. The topological polar surface area (TPSA) is 101 Å². The van der Waals surface area contributed by atoms with Crippen LogP contribution in [0.4, 0.5) is 10.7 Å². The molecule has 7 nitrogen and oxygen atoms in total. The lowest BCUT2D eigenvalue weighted by atomic mass is 10.4. The van der Waals surface area contributed by atoms with Crippen LogP contribution in [0.5, 0.6) is 0 Å². The third-order valence-electron chi connectivity index (χ3n) is 2.37. The Balaban J connectivity index is 2.14. The molecule has 2 aromatic rings. The first kappa shape index (κ1) is 15.2. The standard InChI is InChI=1S/C12H11ClN4O3S/c1-8-6-7-14-11(15-8)16-12(18)17-21(19,20)10-5-3-2-4-9(10)13/h2-7H,1H3,(H2,14,15,16,17,18). The molecule has 2 N–H and O–H groups in total. The summed E-state index contributed by atoms with van der Waals surface area (Å²) in [7, 11) is -4.07. The Bertz CT molecular complexity index is 780. The van der Waals surface area contributed by atoms with Crippen LogP contribution in [0.2, 0.25) is 5.02 Å². The Hall–Kier alpha value is -2.19. The molecule has 0 fully saturated rings. The van der Waals surface area contributed by atoms with E-state index in [1.165, 1.54) is 24.4 Å². The Kier molecular flexibility index (Phi) is 4.39. The van der Waals surface area contributed by atoms with Crippen molar-refractivity contribution in [1.29, 1.82) is 0 Å². The summed E-state index contributed by atoms with van der Waals surface area (Å²) in [5, 5.41) is 2.25. The summed E-state index contributed by atoms with van der Waals surface area (Å²) in [5.74, 6) is 0.00172. The van der Waals surface area contributed by atoms with Crippen LogP contribution in [-0.2, 0) is 10.0 Å². The van der Waals surface area contributed by atoms with E-state index in [2.05, 4.69) is 15.3 Å². The fourth-order valence-electron chi connectivity index (χ4n) is 1.48. The highest BCUT2D eigenvalue weighted by Gasteiger charge is 2.20. The molecule has 0 spiro atoms. The van der Waals surface area contributed by atoms with Crippen molar-refractivity contribution in [2.75, 3.05) is 5.32 Å². The molecule has 0 saturated carbocycles. The molecule has 0 atom stereocenters. The minimum Gasteiger partial charge on any atom is -0.275 e. The minimum atomic E-state index is -4.07. The molecule has 1 aromatic heterocycles. The summed E-state index contributed by atoms with van der Waals surface area (Å²) in [6.07, 6.45) is 1.44. The number of carbonyl (C=O) groups is 1. The van der Waals surface area contributed by atoms with E-state index in [1.807, 2.05) is 4.72 Å². The van der Waals surface area contributed by atoms with Crippen LogP contribution in [0.25, 0.3) is 0 Å². The fourth-order valence-corrected chi connectivity index (χ4v) is 2.90. The first-order valence-electron chi connectivity index (χ1n) is 5.76. The van der Waals surface area contributed by atoms with E-state index in [4.69, 9.17) is 11.6 Å². The van der Waals surface area contributed by atoms with E-state index in [1.54, 1.807) is 19.1 Å². The maximum atomic E-state index is 12.0. The molecular formula is C12H11ClN4O3S. The summed E-state index contributed by atoms with van der Waals surface area (Å²) in [6.45, 7) is 1.71. The average molecular weight is 327 g/mol. The number of nitrogens with one attached hydrogen (secondary N) is 2. The lowest BCUT2D eigenvalue weighted by Crippen LogP contribution is -2.35. The highest BCUT2D eigenvalue weighted by molar-refractivity contribution is 7.90. The minimum absolute atomic E-state index is 0.00172. The molecule has 0 radical (unpaired) electrons. The predicted octanol–water partition coefficient (Wildman–Crippen LogP) is 1.95. The molecule has 1 aromatic carbocycles. The van der Waals surface area contributed by atoms with Crippen molar-refractivity contribution in [3.63, 3.8) is 0 Å².